The van der Waals surface area contributed by atoms with Crippen molar-refractivity contribution in [2.75, 3.05) is 29.4 Å². The predicted octanol–water partition coefficient (Wildman–Crippen LogP) is 1.57. The lowest BCUT2D eigenvalue weighted by atomic mass is 9.92. The molecule has 0 saturated carbocycles. The van der Waals surface area contributed by atoms with Gasteiger partial charge in [-0.05, 0) is 25.7 Å². The van der Waals surface area contributed by atoms with Crippen molar-refractivity contribution in [3.05, 3.63) is 30.6 Å². The number of piperidine rings is 1. The van der Waals surface area contributed by atoms with E-state index < -0.39 is 0 Å². The molecule has 0 bridgehead atoms. The minimum atomic E-state index is 0.434. The fraction of sp³-hybridized carbons (Fsp3) is 0.500. The predicted molar refractivity (Wildman–Crippen MR) is 99.1 cm³/mol. The lowest BCUT2D eigenvalue weighted by Gasteiger charge is -2.39. The maximum Gasteiger partial charge on any atom is 0.163 e. The van der Waals surface area contributed by atoms with Gasteiger partial charge in [-0.1, -0.05) is 0 Å². The van der Waals surface area contributed by atoms with Crippen molar-refractivity contribution in [1.82, 2.24) is 29.7 Å². The van der Waals surface area contributed by atoms with E-state index in [1.807, 2.05) is 31.0 Å². The van der Waals surface area contributed by atoms with Gasteiger partial charge in [-0.3, -0.25) is 9.67 Å². The van der Waals surface area contributed by atoms with E-state index in [-0.39, 0.29) is 0 Å². The molecular weight excluding hydrogens is 328 g/mol. The lowest BCUT2D eigenvalue weighted by Crippen LogP contribution is -2.49. The molecule has 0 amide bonds. The molecule has 26 heavy (non-hydrogen) atoms. The van der Waals surface area contributed by atoms with E-state index in [4.69, 9.17) is 4.98 Å². The highest BCUT2D eigenvalue weighted by Crippen LogP contribution is 2.37. The molecule has 5 heterocycles. The van der Waals surface area contributed by atoms with Gasteiger partial charge in [0.05, 0.1) is 23.8 Å². The van der Waals surface area contributed by atoms with Crippen molar-refractivity contribution < 1.29 is 0 Å². The second kappa shape index (κ2) is 5.89. The fourth-order valence-corrected chi connectivity index (χ4v) is 4.40. The molecule has 2 saturated heterocycles. The molecule has 8 nitrogen and oxygen atoms in total. The van der Waals surface area contributed by atoms with Crippen molar-refractivity contribution in [3.8, 4) is 0 Å². The Kier molecular flexibility index (Phi) is 3.51. The van der Waals surface area contributed by atoms with Gasteiger partial charge in [0.15, 0.2) is 5.65 Å². The van der Waals surface area contributed by atoms with E-state index >= 15 is 0 Å². The van der Waals surface area contributed by atoms with Crippen LogP contribution in [0.4, 0.5) is 11.6 Å². The van der Waals surface area contributed by atoms with Crippen LogP contribution >= 0.6 is 0 Å². The second-order valence-electron chi connectivity index (χ2n) is 7.21. The molecule has 3 aromatic heterocycles. The molecule has 3 aromatic rings. The molecule has 5 rings (SSSR count). The van der Waals surface area contributed by atoms with Gasteiger partial charge >= 0.3 is 0 Å². The first-order valence-electron chi connectivity index (χ1n) is 9.14. The summed E-state index contributed by atoms with van der Waals surface area (Å²) in [4.78, 5) is 22.9. The highest BCUT2D eigenvalue weighted by Gasteiger charge is 2.40. The summed E-state index contributed by atoms with van der Waals surface area (Å²) in [5.41, 5.74) is 0.901. The van der Waals surface area contributed by atoms with Crippen LogP contribution in [0.3, 0.4) is 0 Å². The van der Waals surface area contributed by atoms with Gasteiger partial charge in [0.25, 0.3) is 0 Å². The number of hydrogen-bond acceptors (Lipinski definition) is 7. The molecule has 2 aliphatic heterocycles. The van der Waals surface area contributed by atoms with E-state index in [2.05, 4.69) is 29.9 Å². The average Bonchev–Trinajstić information content (AvgIpc) is 3.25. The van der Waals surface area contributed by atoms with E-state index in [1.54, 1.807) is 12.4 Å². The summed E-state index contributed by atoms with van der Waals surface area (Å²) in [6.07, 6.45) is 9.62. The third kappa shape index (κ3) is 2.40. The molecule has 0 radical (unpaired) electrons. The number of aromatic nitrogens is 6. The van der Waals surface area contributed by atoms with E-state index in [1.165, 1.54) is 12.8 Å². The largest absolute Gasteiger partial charge is 0.353 e. The van der Waals surface area contributed by atoms with E-state index in [0.717, 1.165) is 48.1 Å². The maximum atomic E-state index is 4.80. The monoisotopic (exact) mass is 350 g/mol. The van der Waals surface area contributed by atoms with Crippen molar-refractivity contribution in [1.29, 1.82) is 0 Å². The molecule has 0 aliphatic carbocycles. The minimum Gasteiger partial charge on any atom is -0.353 e. The molecule has 0 N–H and O–H groups in total. The van der Waals surface area contributed by atoms with Crippen LogP contribution in [-0.2, 0) is 7.05 Å². The summed E-state index contributed by atoms with van der Waals surface area (Å²) in [6, 6.07) is 0.434. The van der Waals surface area contributed by atoms with Crippen molar-refractivity contribution in [3.63, 3.8) is 0 Å². The normalized spacial score (nSPS) is 22.8. The molecule has 8 heteroatoms. The molecular formula is C18H22N8. The summed E-state index contributed by atoms with van der Waals surface area (Å²) in [5, 5.41) is 5.43. The van der Waals surface area contributed by atoms with Crippen LogP contribution in [0.25, 0.3) is 11.0 Å². The SMILES string of the molecule is Cc1nc(N2CCC3CCN(c4cnccn4)CC32)c2cnn(C)c2n1. The molecule has 2 unspecified atom stereocenters. The van der Waals surface area contributed by atoms with Crippen LogP contribution < -0.4 is 9.80 Å². The van der Waals surface area contributed by atoms with Crippen LogP contribution in [-0.4, -0.2) is 55.4 Å². The van der Waals surface area contributed by atoms with Crippen molar-refractivity contribution in [2.24, 2.45) is 13.0 Å². The topological polar surface area (TPSA) is 75.9 Å². The Morgan fingerprint density at radius 1 is 1.08 bits per heavy atom. The van der Waals surface area contributed by atoms with Crippen molar-refractivity contribution in [2.45, 2.75) is 25.8 Å². The zero-order valence-electron chi connectivity index (χ0n) is 15.1. The van der Waals surface area contributed by atoms with Crippen LogP contribution in [0.5, 0.6) is 0 Å². The zero-order valence-corrected chi connectivity index (χ0v) is 15.1. The molecule has 2 aliphatic rings. The summed E-state index contributed by atoms with van der Waals surface area (Å²) in [7, 11) is 1.93. The Hall–Kier alpha value is -2.77. The summed E-state index contributed by atoms with van der Waals surface area (Å²) in [5.74, 6) is 3.48. The highest BCUT2D eigenvalue weighted by atomic mass is 15.3. The lowest BCUT2D eigenvalue weighted by molar-refractivity contribution is 0.388. The number of nitrogens with zero attached hydrogens (tertiary/aromatic N) is 8. The molecule has 2 fully saturated rings. The first-order chi connectivity index (χ1) is 12.7. The first kappa shape index (κ1) is 15.5. The summed E-state index contributed by atoms with van der Waals surface area (Å²) >= 11 is 0. The Balaban J connectivity index is 1.51. The molecule has 134 valence electrons. The van der Waals surface area contributed by atoms with Gasteiger partial charge < -0.3 is 9.80 Å². The number of fused-ring (bicyclic) bond motifs is 2. The third-order valence-electron chi connectivity index (χ3n) is 5.69. The van der Waals surface area contributed by atoms with Crippen LogP contribution in [0.15, 0.2) is 24.8 Å². The number of hydrogen-bond donors (Lipinski definition) is 0. The zero-order chi connectivity index (χ0) is 17.7. The van der Waals surface area contributed by atoms with Crippen LogP contribution in [0, 0.1) is 12.8 Å². The average molecular weight is 350 g/mol. The highest BCUT2D eigenvalue weighted by molar-refractivity contribution is 5.87. The standard InChI is InChI=1S/C18H22N8/c1-12-22-17-14(9-21-24(17)2)18(23-12)26-8-4-13-3-7-25(11-15(13)26)16-10-19-5-6-20-16/h5-6,9-10,13,15H,3-4,7-8,11H2,1-2H3. The van der Waals surface area contributed by atoms with Gasteiger partial charge in [0, 0.05) is 39.1 Å². The Morgan fingerprint density at radius 3 is 2.81 bits per heavy atom. The quantitative estimate of drug-likeness (QED) is 0.694. The van der Waals surface area contributed by atoms with Crippen LogP contribution in [0.1, 0.15) is 18.7 Å². The Morgan fingerprint density at radius 2 is 1.96 bits per heavy atom. The number of anilines is 2. The minimum absolute atomic E-state index is 0.434. The van der Waals surface area contributed by atoms with E-state index in [9.17, 15) is 0 Å². The Bertz CT molecular complexity index is 937. The maximum absolute atomic E-state index is 4.80. The molecule has 0 spiro atoms. The molecule has 2 atom stereocenters. The number of aryl methyl sites for hydroxylation is 2. The van der Waals surface area contributed by atoms with Gasteiger partial charge in [-0.15, -0.1) is 0 Å². The Labute approximate surface area is 151 Å². The second-order valence-corrected chi connectivity index (χ2v) is 7.21. The van der Waals surface area contributed by atoms with Crippen molar-refractivity contribution >= 4 is 22.7 Å². The smallest absolute Gasteiger partial charge is 0.163 e. The summed E-state index contributed by atoms with van der Waals surface area (Å²) in [6.45, 7) is 4.98. The fourth-order valence-electron chi connectivity index (χ4n) is 4.40. The summed E-state index contributed by atoms with van der Waals surface area (Å²) < 4.78 is 1.83. The molecule has 0 aromatic carbocycles. The van der Waals surface area contributed by atoms with Crippen LogP contribution in [0.2, 0.25) is 0 Å². The third-order valence-corrected chi connectivity index (χ3v) is 5.69. The van der Waals surface area contributed by atoms with Gasteiger partial charge in [0.1, 0.15) is 17.5 Å². The van der Waals surface area contributed by atoms with Gasteiger partial charge in [-0.25, -0.2) is 15.0 Å². The first-order valence-corrected chi connectivity index (χ1v) is 9.14. The van der Waals surface area contributed by atoms with Gasteiger partial charge in [-0.2, -0.15) is 5.10 Å². The van der Waals surface area contributed by atoms with Gasteiger partial charge in [0.2, 0.25) is 0 Å². The number of rotatable bonds is 2. The van der Waals surface area contributed by atoms with E-state index in [0.29, 0.717) is 12.0 Å².